The van der Waals surface area contributed by atoms with Crippen LogP contribution in [0.2, 0.25) is 0 Å². The summed E-state index contributed by atoms with van der Waals surface area (Å²) in [6.45, 7) is 3.39. The normalized spacial score (nSPS) is 15.8. The van der Waals surface area contributed by atoms with E-state index in [1.807, 2.05) is 0 Å². The van der Waals surface area contributed by atoms with Crippen molar-refractivity contribution in [2.45, 2.75) is 17.9 Å². The Morgan fingerprint density at radius 1 is 1.17 bits per heavy atom. The summed E-state index contributed by atoms with van der Waals surface area (Å²) in [7, 11) is -2.50. The van der Waals surface area contributed by atoms with Crippen molar-refractivity contribution in [2.24, 2.45) is 0 Å². The largest absolute Gasteiger partial charge is 0.496 e. The van der Waals surface area contributed by atoms with Gasteiger partial charge in [0.15, 0.2) is 0 Å². The van der Waals surface area contributed by atoms with E-state index in [0.717, 1.165) is 0 Å². The summed E-state index contributed by atoms with van der Waals surface area (Å²) in [6.07, 6.45) is 0. The van der Waals surface area contributed by atoms with Gasteiger partial charge in [-0.05, 0) is 42.8 Å². The predicted octanol–water partition coefficient (Wildman–Crippen LogP) is 2.35. The third kappa shape index (κ3) is 4.92. The van der Waals surface area contributed by atoms with Gasteiger partial charge in [0, 0.05) is 19.1 Å². The number of methoxy groups -OCH3 is 1. The zero-order valence-corrected chi connectivity index (χ0v) is 17.0. The van der Waals surface area contributed by atoms with Crippen molar-refractivity contribution in [3.8, 4) is 5.75 Å². The van der Waals surface area contributed by atoms with Crippen LogP contribution in [0.4, 0.5) is 4.39 Å². The van der Waals surface area contributed by atoms with Crippen LogP contribution >= 0.6 is 0 Å². The first-order valence-electron chi connectivity index (χ1n) is 9.14. The molecule has 7 nitrogen and oxygen atoms in total. The molecule has 0 radical (unpaired) electrons. The molecule has 1 atom stereocenters. The van der Waals surface area contributed by atoms with Crippen molar-refractivity contribution < 1.29 is 27.1 Å². The standard InChI is InChI=1S/C20H23FN2O5S/c1-14(15-3-5-16(21)6-4-15)22-29(25,26)17-7-8-19(27-2)18(13-17)20(24)23-9-11-28-12-10-23/h3-8,13-14,22H,9-12H2,1-2H3/t14-/m0/s1. The number of carbonyl (C=O) groups excluding carboxylic acids is 1. The van der Waals surface area contributed by atoms with Gasteiger partial charge >= 0.3 is 0 Å². The maximum absolute atomic E-state index is 13.1. The molecule has 0 spiro atoms. The molecule has 1 aliphatic rings. The molecule has 0 unspecified atom stereocenters. The number of nitrogens with one attached hydrogen (secondary N) is 1. The average molecular weight is 422 g/mol. The number of nitrogens with zero attached hydrogens (tertiary/aromatic N) is 1. The Labute approximate surface area is 169 Å². The van der Waals surface area contributed by atoms with Gasteiger partial charge in [-0.25, -0.2) is 17.5 Å². The summed E-state index contributed by atoms with van der Waals surface area (Å²) >= 11 is 0. The van der Waals surface area contributed by atoms with Gasteiger partial charge in [0.25, 0.3) is 5.91 Å². The number of hydrogen-bond donors (Lipinski definition) is 1. The first kappa shape index (κ1) is 21.2. The molecule has 0 aliphatic carbocycles. The molecule has 0 bridgehead atoms. The molecular weight excluding hydrogens is 399 g/mol. The molecule has 1 saturated heterocycles. The van der Waals surface area contributed by atoms with E-state index in [1.54, 1.807) is 11.8 Å². The molecule has 156 valence electrons. The van der Waals surface area contributed by atoms with Crippen LogP contribution in [0.5, 0.6) is 5.75 Å². The Bertz CT molecular complexity index is 973. The SMILES string of the molecule is COc1ccc(S(=O)(=O)N[C@@H](C)c2ccc(F)cc2)cc1C(=O)N1CCOCC1. The third-order valence-corrected chi connectivity index (χ3v) is 6.25. The van der Waals surface area contributed by atoms with Crippen LogP contribution in [-0.2, 0) is 14.8 Å². The molecule has 29 heavy (non-hydrogen) atoms. The maximum atomic E-state index is 13.1. The number of carbonyl (C=O) groups is 1. The number of sulfonamides is 1. The Hall–Kier alpha value is -2.49. The second-order valence-corrected chi connectivity index (χ2v) is 8.38. The van der Waals surface area contributed by atoms with Crippen LogP contribution in [0.1, 0.15) is 28.9 Å². The van der Waals surface area contributed by atoms with Gasteiger partial charge in [0.05, 0.1) is 30.8 Å². The molecule has 1 aliphatic heterocycles. The first-order chi connectivity index (χ1) is 13.8. The Balaban J connectivity index is 1.86. The zero-order chi connectivity index (χ0) is 21.0. The monoisotopic (exact) mass is 422 g/mol. The fourth-order valence-corrected chi connectivity index (χ4v) is 4.34. The topological polar surface area (TPSA) is 84.9 Å². The fraction of sp³-hybridized carbons (Fsp3) is 0.350. The number of hydrogen-bond acceptors (Lipinski definition) is 5. The minimum absolute atomic E-state index is 0.0520. The second-order valence-electron chi connectivity index (χ2n) is 6.66. The van der Waals surface area contributed by atoms with Gasteiger partial charge in [-0.2, -0.15) is 0 Å². The lowest BCUT2D eigenvalue weighted by Crippen LogP contribution is -2.40. The minimum Gasteiger partial charge on any atom is -0.496 e. The van der Waals surface area contributed by atoms with E-state index in [2.05, 4.69) is 4.72 Å². The zero-order valence-electron chi connectivity index (χ0n) is 16.2. The number of ether oxygens (including phenoxy) is 2. The Morgan fingerprint density at radius 3 is 2.45 bits per heavy atom. The number of rotatable bonds is 6. The van der Waals surface area contributed by atoms with Crippen molar-refractivity contribution in [3.63, 3.8) is 0 Å². The molecule has 9 heteroatoms. The number of amides is 1. The van der Waals surface area contributed by atoms with Crippen molar-refractivity contribution >= 4 is 15.9 Å². The van der Waals surface area contributed by atoms with Crippen molar-refractivity contribution in [1.29, 1.82) is 0 Å². The lowest BCUT2D eigenvalue weighted by molar-refractivity contribution is 0.0300. The highest BCUT2D eigenvalue weighted by atomic mass is 32.2. The first-order valence-corrected chi connectivity index (χ1v) is 10.6. The van der Waals surface area contributed by atoms with Crippen LogP contribution < -0.4 is 9.46 Å². The van der Waals surface area contributed by atoms with Gasteiger partial charge in [0.1, 0.15) is 11.6 Å². The van der Waals surface area contributed by atoms with Gasteiger partial charge in [-0.3, -0.25) is 4.79 Å². The van der Waals surface area contributed by atoms with Gasteiger partial charge in [-0.15, -0.1) is 0 Å². The van der Waals surface area contributed by atoms with E-state index in [1.165, 1.54) is 49.6 Å². The summed E-state index contributed by atoms with van der Waals surface area (Å²) in [5.41, 5.74) is 0.791. The molecule has 0 saturated carbocycles. The van der Waals surface area contributed by atoms with Crippen LogP contribution in [-0.4, -0.2) is 52.6 Å². The van der Waals surface area contributed by atoms with Crippen LogP contribution in [0.25, 0.3) is 0 Å². The molecule has 2 aromatic carbocycles. The predicted molar refractivity (Wildman–Crippen MR) is 105 cm³/mol. The maximum Gasteiger partial charge on any atom is 0.257 e. The summed E-state index contributed by atoms with van der Waals surface area (Å²) in [6, 6.07) is 9.16. The average Bonchev–Trinajstić information content (AvgIpc) is 2.73. The number of benzene rings is 2. The van der Waals surface area contributed by atoms with E-state index in [0.29, 0.717) is 37.6 Å². The van der Waals surface area contributed by atoms with E-state index in [9.17, 15) is 17.6 Å². The molecule has 3 rings (SSSR count). The number of morpholine rings is 1. The summed E-state index contributed by atoms with van der Waals surface area (Å²) in [4.78, 5) is 14.4. The van der Waals surface area contributed by atoms with E-state index in [4.69, 9.17) is 9.47 Å². The molecule has 1 heterocycles. The highest BCUT2D eigenvalue weighted by Crippen LogP contribution is 2.25. The second kappa shape index (κ2) is 8.89. The van der Waals surface area contributed by atoms with Crippen molar-refractivity contribution in [1.82, 2.24) is 9.62 Å². The van der Waals surface area contributed by atoms with Crippen LogP contribution in [0.3, 0.4) is 0 Å². The lowest BCUT2D eigenvalue weighted by Gasteiger charge is -2.27. The summed E-state index contributed by atoms with van der Waals surface area (Å²) in [5, 5.41) is 0. The van der Waals surface area contributed by atoms with Crippen LogP contribution in [0.15, 0.2) is 47.4 Å². The van der Waals surface area contributed by atoms with E-state index in [-0.39, 0.29) is 16.4 Å². The lowest BCUT2D eigenvalue weighted by atomic mass is 10.1. The van der Waals surface area contributed by atoms with E-state index < -0.39 is 21.9 Å². The number of halogens is 1. The fourth-order valence-electron chi connectivity index (χ4n) is 3.08. The molecule has 0 aromatic heterocycles. The third-order valence-electron chi connectivity index (χ3n) is 4.71. The van der Waals surface area contributed by atoms with E-state index >= 15 is 0 Å². The highest BCUT2D eigenvalue weighted by Gasteiger charge is 2.25. The molecular formula is C20H23FN2O5S. The molecule has 1 N–H and O–H groups in total. The molecule has 1 amide bonds. The van der Waals surface area contributed by atoms with Gasteiger partial charge in [-0.1, -0.05) is 12.1 Å². The Kier molecular flexibility index (Phi) is 6.51. The quantitative estimate of drug-likeness (QED) is 0.773. The van der Waals surface area contributed by atoms with Gasteiger partial charge < -0.3 is 14.4 Å². The minimum atomic E-state index is -3.92. The molecule has 1 fully saturated rings. The van der Waals surface area contributed by atoms with Crippen molar-refractivity contribution in [2.75, 3.05) is 33.4 Å². The summed E-state index contributed by atoms with van der Waals surface area (Å²) < 4.78 is 51.9. The highest BCUT2D eigenvalue weighted by molar-refractivity contribution is 7.89. The van der Waals surface area contributed by atoms with Crippen molar-refractivity contribution in [3.05, 3.63) is 59.4 Å². The van der Waals surface area contributed by atoms with Gasteiger partial charge in [0.2, 0.25) is 10.0 Å². The molecule has 2 aromatic rings. The summed E-state index contributed by atoms with van der Waals surface area (Å²) in [5.74, 6) is -0.411. The van der Waals surface area contributed by atoms with Crippen LogP contribution in [0, 0.1) is 5.82 Å². The Morgan fingerprint density at radius 2 is 1.83 bits per heavy atom. The smallest absolute Gasteiger partial charge is 0.257 e.